The van der Waals surface area contributed by atoms with E-state index in [-0.39, 0.29) is 17.8 Å². The molecule has 0 saturated carbocycles. The fourth-order valence-electron chi connectivity index (χ4n) is 3.67. The van der Waals surface area contributed by atoms with Gasteiger partial charge < -0.3 is 10.1 Å². The first-order valence-electron chi connectivity index (χ1n) is 9.39. The molecule has 1 aromatic carbocycles. The molecule has 0 aliphatic carbocycles. The highest BCUT2D eigenvalue weighted by Gasteiger charge is 2.24. The predicted octanol–water partition coefficient (Wildman–Crippen LogP) is 3.55. The lowest BCUT2D eigenvalue weighted by molar-refractivity contribution is 0.0162. The number of nitrogens with one attached hydrogen (secondary N) is 1. The summed E-state index contributed by atoms with van der Waals surface area (Å²) in [5.41, 5.74) is 1.94. The van der Waals surface area contributed by atoms with Gasteiger partial charge in [-0.05, 0) is 23.8 Å². The van der Waals surface area contributed by atoms with Crippen LogP contribution >= 0.6 is 22.7 Å². The van der Waals surface area contributed by atoms with E-state index < -0.39 is 0 Å². The Morgan fingerprint density at radius 3 is 2.86 bits per heavy atom. The Bertz CT molecular complexity index is 1140. The maximum absolute atomic E-state index is 13.4. The number of nitrogens with zero attached hydrogens (tertiary/aromatic N) is 3. The molecule has 0 radical (unpaired) electrons. The van der Waals surface area contributed by atoms with Crippen molar-refractivity contribution >= 4 is 43.9 Å². The first kappa shape index (κ1) is 18.7. The van der Waals surface area contributed by atoms with Crippen molar-refractivity contribution in [2.24, 2.45) is 0 Å². The van der Waals surface area contributed by atoms with Crippen molar-refractivity contribution in [3.8, 4) is 0 Å². The maximum atomic E-state index is 13.4. The van der Waals surface area contributed by atoms with E-state index in [1.807, 2.05) is 22.0 Å². The second kappa shape index (κ2) is 7.83. The minimum absolute atomic E-state index is 0.0298. The number of fused-ring (bicyclic) bond motifs is 3. The van der Waals surface area contributed by atoms with E-state index in [0.29, 0.717) is 24.6 Å². The quantitative estimate of drug-likeness (QED) is 0.526. The number of hydrogen-bond donors (Lipinski definition) is 1. The van der Waals surface area contributed by atoms with Crippen LogP contribution in [-0.2, 0) is 4.74 Å². The molecule has 0 spiro atoms. The fourth-order valence-corrected chi connectivity index (χ4v) is 5.38. The minimum atomic E-state index is -0.263. The SMILES string of the molecule is O=C(NCC(c1ccc(F)cc1)N1CCOCC1)c1cc2c(nc3sccn32)s1. The average molecular weight is 431 g/mol. The van der Waals surface area contributed by atoms with E-state index in [9.17, 15) is 9.18 Å². The summed E-state index contributed by atoms with van der Waals surface area (Å²) >= 11 is 2.98. The molecule has 1 unspecified atom stereocenters. The number of ether oxygens (including phenoxy) is 1. The largest absolute Gasteiger partial charge is 0.379 e. The Balaban J connectivity index is 1.34. The summed E-state index contributed by atoms with van der Waals surface area (Å²) in [6.07, 6.45) is 1.97. The number of carbonyl (C=O) groups is 1. The lowest BCUT2D eigenvalue weighted by Gasteiger charge is -2.34. The number of benzene rings is 1. The van der Waals surface area contributed by atoms with Gasteiger partial charge in [0.2, 0.25) is 0 Å². The van der Waals surface area contributed by atoms with Crippen LogP contribution in [0.25, 0.3) is 15.3 Å². The molecule has 0 bridgehead atoms. The molecular weight excluding hydrogens is 411 g/mol. The third-order valence-corrected chi connectivity index (χ3v) is 6.93. The van der Waals surface area contributed by atoms with Gasteiger partial charge in [0.25, 0.3) is 5.91 Å². The molecule has 1 saturated heterocycles. The van der Waals surface area contributed by atoms with Gasteiger partial charge in [-0.25, -0.2) is 9.37 Å². The van der Waals surface area contributed by atoms with Crippen molar-refractivity contribution in [1.29, 1.82) is 0 Å². The van der Waals surface area contributed by atoms with E-state index in [4.69, 9.17) is 4.74 Å². The van der Waals surface area contributed by atoms with Crippen LogP contribution in [0.4, 0.5) is 4.39 Å². The summed E-state index contributed by atoms with van der Waals surface area (Å²) in [7, 11) is 0. The topological polar surface area (TPSA) is 58.9 Å². The molecule has 5 rings (SSSR count). The summed E-state index contributed by atoms with van der Waals surface area (Å²) in [6.45, 7) is 3.32. The number of rotatable bonds is 5. The summed E-state index contributed by atoms with van der Waals surface area (Å²) in [4.78, 5) is 22.1. The smallest absolute Gasteiger partial charge is 0.261 e. The number of halogens is 1. The first-order chi connectivity index (χ1) is 14.2. The normalized spacial score (nSPS) is 16.4. The zero-order valence-corrected chi connectivity index (χ0v) is 17.1. The van der Waals surface area contributed by atoms with Crippen molar-refractivity contribution in [2.45, 2.75) is 6.04 Å². The predicted molar refractivity (Wildman–Crippen MR) is 112 cm³/mol. The van der Waals surface area contributed by atoms with Gasteiger partial charge in [-0.1, -0.05) is 12.1 Å². The first-order valence-corrected chi connectivity index (χ1v) is 11.1. The van der Waals surface area contributed by atoms with E-state index in [2.05, 4.69) is 15.2 Å². The zero-order chi connectivity index (χ0) is 19.8. The molecular formula is C20H19FN4O2S2. The van der Waals surface area contributed by atoms with Crippen molar-refractivity contribution in [1.82, 2.24) is 19.6 Å². The second-order valence-corrected chi connectivity index (χ2v) is 8.80. The average Bonchev–Trinajstić information content (AvgIpc) is 3.42. The Hall–Kier alpha value is -2.33. The molecule has 1 fully saturated rings. The lowest BCUT2D eigenvalue weighted by atomic mass is 10.0. The van der Waals surface area contributed by atoms with E-state index >= 15 is 0 Å². The summed E-state index contributed by atoms with van der Waals surface area (Å²) in [5, 5.41) is 5.04. The fraction of sp³-hybridized carbons (Fsp3) is 0.300. The van der Waals surface area contributed by atoms with Crippen LogP contribution in [-0.4, -0.2) is 53.0 Å². The number of thiazole rings is 1. The van der Waals surface area contributed by atoms with Crippen LogP contribution in [0.1, 0.15) is 21.3 Å². The molecule has 4 heterocycles. The van der Waals surface area contributed by atoms with Gasteiger partial charge in [0.15, 0.2) is 4.96 Å². The van der Waals surface area contributed by atoms with Gasteiger partial charge >= 0.3 is 0 Å². The molecule has 1 amide bonds. The molecule has 1 N–H and O–H groups in total. The van der Waals surface area contributed by atoms with Crippen LogP contribution in [0.5, 0.6) is 0 Å². The number of aromatic nitrogens is 2. The Morgan fingerprint density at radius 1 is 1.28 bits per heavy atom. The van der Waals surface area contributed by atoms with Crippen molar-refractivity contribution in [3.05, 3.63) is 58.2 Å². The van der Waals surface area contributed by atoms with Gasteiger partial charge in [-0.15, -0.1) is 22.7 Å². The third kappa shape index (κ3) is 3.66. The monoisotopic (exact) mass is 430 g/mol. The van der Waals surface area contributed by atoms with Crippen molar-refractivity contribution in [2.75, 3.05) is 32.8 Å². The maximum Gasteiger partial charge on any atom is 0.261 e. The zero-order valence-electron chi connectivity index (χ0n) is 15.5. The summed E-state index contributed by atoms with van der Waals surface area (Å²) < 4.78 is 20.8. The van der Waals surface area contributed by atoms with E-state index in [1.54, 1.807) is 23.5 Å². The van der Waals surface area contributed by atoms with Gasteiger partial charge in [0.1, 0.15) is 10.6 Å². The van der Waals surface area contributed by atoms with E-state index in [0.717, 1.165) is 34.0 Å². The number of thiophene rings is 1. The summed E-state index contributed by atoms with van der Waals surface area (Å²) in [6, 6.07) is 8.36. The highest BCUT2D eigenvalue weighted by Crippen LogP contribution is 2.28. The molecule has 6 nitrogen and oxygen atoms in total. The number of imidazole rings is 1. The van der Waals surface area contributed by atoms with Crippen LogP contribution < -0.4 is 5.32 Å². The molecule has 9 heteroatoms. The number of amides is 1. The molecule has 29 heavy (non-hydrogen) atoms. The molecule has 4 aromatic rings. The van der Waals surface area contributed by atoms with Gasteiger partial charge in [-0.3, -0.25) is 14.1 Å². The minimum Gasteiger partial charge on any atom is -0.379 e. The molecule has 150 valence electrons. The van der Waals surface area contributed by atoms with Crippen LogP contribution in [0.3, 0.4) is 0 Å². The molecule has 1 aliphatic heterocycles. The highest BCUT2D eigenvalue weighted by atomic mass is 32.1. The van der Waals surface area contributed by atoms with Gasteiger partial charge in [-0.2, -0.15) is 0 Å². The summed E-state index contributed by atoms with van der Waals surface area (Å²) in [5.74, 6) is -0.377. The van der Waals surface area contributed by atoms with Gasteiger partial charge in [0.05, 0.1) is 29.6 Å². The van der Waals surface area contributed by atoms with Crippen molar-refractivity contribution < 1.29 is 13.9 Å². The molecule has 1 atom stereocenters. The molecule has 1 aliphatic rings. The van der Waals surface area contributed by atoms with E-state index in [1.165, 1.54) is 23.5 Å². The van der Waals surface area contributed by atoms with Crippen molar-refractivity contribution in [3.63, 3.8) is 0 Å². The number of hydrogen-bond acceptors (Lipinski definition) is 6. The highest BCUT2D eigenvalue weighted by molar-refractivity contribution is 7.21. The number of morpholine rings is 1. The standard InChI is InChI=1S/C20H19FN4O2S2/c21-14-3-1-13(2-4-14)16(24-5-8-27-9-6-24)12-22-18(26)17-11-15-19(29-17)23-20-25(15)7-10-28-20/h1-4,7,10-11,16H,5-6,8-9,12H2,(H,22,26). The number of carbonyl (C=O) groups excluding carboxylic acids is 1. The third-order valence-electron chi connectivity index (χ3n) is 5.16. The Morgan fingerprint density at radius 2 is 2.07 bits per heavy atom. The van der Waals surface area contributed by atoms with Gasteiger partial charge in [0, 0.05) is 31.2 Å². The molecule has 3 aromatic heterocycles. The Labute approximate surface area is 174 Å². The Kier molecular flexibility index (Phi) is 5.04. The second-order valence-electron chi connectivity index (χ2n) is 6.89. The van der Waals surface area contributed by atoms with Crippen LogP contribution in [0.2, 0.25) is 0 Å². The van der Waals surface area contributed by atoms with Crippen LogP contribution in [0, 0.1) is 5.82 Å². The van der Waals surface area contributed by atoms with Crippen LogP contribution in [0.15, 0.2) is 41.9 Å². The lowest BCUT2D eigenvalue weighted by Crippen LogP contribution is -2.43.